The van der Waals surface area contributed by atoms with Gasteiger partial charge in [-0.2, -0.15) is 15.0 Å². The highest BCUT2D eigenvalue weighted by Crippen LogP contribution is 2.22. The number of aromatic nitrogens is 5. The molecule has 8 heteroatoms. The Morgan fingerprint density at radius 1 is 1.33 bits per heavy atom. The maximum absolute atomic E-state index is 5.45. The van der Waals surface area contributed by atoms with Crippen LogP contribution in [0.15, 0.2) is 18.7 Å². The van der Waals surface area contributed by atoms with Crippen molar-refractivity contribution in [3.8, 4) is 5.95 Å². The van der Waals surface area contributed by atoms with Gasteiger partial charge in [-0.05, 0) is 20.3 Å². The molecule has 1 aliphatic rings. The second-order valence-corrected chi connectivity index (χ2v) is 5.27. The first-order valence-corrected chi connectivity index (χ1v) is 7.03. The lowest BCUT2D eigenvalue weighted by Gasteiger charge is -2.23. The van der Waals surface area contributed by atoms with E-state index in [0.717, 1.165) is 19.6 Å². The van der Waals surface area contributed by atoms with Gasteiger partial charge in [-0.1, -0.05) is 0 Å². The molecule has 2 N–H and O–H groups in total. The number of rotatable bonds is 5. The SMILES string of the molecule is CCNc1nc(NC2(C)CCOC2)nc(-n2ccnc2)n1. The van der Waals surface area contributed by atoms with Crippen molar-refractivity contribution >= 4 is 11.9 Å². The van der Waals surface area contributed by atoms with Crippen LogP contribution in [0.4, 0.5) is 11.9 Å². The van der Waals surface area contributed by atoms with Crippen molar-refractivity contribution in [3.05, 3.63) is 18.7 Å². The van der Waals surface area contributed by atoms with Crippen LogP contribution in [0.3, 0.4) is 0 Å². The van der Waals surface area contributed by atoms with Crippen molar-refractivity contribution in [2.24, 2.45) is 0 Å². The minimum atomic E-state index is -0.142. The maximum Gasteiger partial charge on any atom is 0.241 e. The van der Waals surface area contributed by atoms with Crippen LogP contribution in [0.2, 0.25) is 0 Å². The minimum Gasteiger partial charge on any atom is -0.379 e. The van der Waals surface area contributed by atoms with E-state index in [9.17, 15) is 0 Å². The molecule has 1 atom stereocenters. The summed E-state index contributed by atoms with van der Waals surface area (Å²) in [6, 6.07) is 0. The molecule has 0 bridgehead atoms. The van der Waals surface area contributed by atoms with Crippen LogP contribution in [-0.2, 0) is 4.74 Å². The van der Waals surface area contributed by atoms with Gasteiger partial charge in [0.2, 0.25) is 17.8 Å². The van der Waals surface area contributed by atoms with E-state index in [4.69, 9.17) is 4.74 Å². The van der Waals surface area contributed by atoms with Crippen LogP contribution >= 0.6 is 0 Å². The number of ether oxygens (including phenoxy) is 1. The molecule has 2 aromatic heterocycles. The van der Waals surface area contributed by atoms with Gasteiger partial charge < -0.3 is 15.4 Å². The fourth-order valence-corrected chi connectivity index (χ4v) is 2.19. The Balaban J connectivity index is 1.91. The Morgan fingerprint density at radius 2 is 2.19 bits per heavy atom. The topological polar surface area (TPSA) is 89.8 Å². The van der Waals surface area contributed by atoms with Gasteiger partial charge in [0.1, 0.15) is 6.33 Å². The molecule has 2 aromatic rings. The van der Waals surface area contributed by atoms with E-state index in [1.54, 1.807) is 23.3 Å². The smallest absolute Gasteiger partial charge is 0.241 e. The molecule has 21 heavy (non-hydrogen) atoms. The maximum atomic E-state index is 5.45. The van der Waals surface area contributed by atoms with Crippen molar-refractivity contribution in [2.75, 3.05) is 30.4 Å². The van der Waals surface area contributed by atoms with Crippen LogP contribution in [0.5, 0.6) is 0 Å². The highest BCUT2D eigenvalue weighted by Gasteiger charge is 2.30. The average Bonchev–Trinajstić information content (AvgIpc) is 3.10. The lowest BCUT2D eigenvalue weighted by Crippen LogP contribution is -2.36. The Labute approximate surface area is 123 Å². The van der Waals surface area contributed by atoms with E-state index in [1.165, 1.54) is 0 Å². The highest BCUT2D eigenvalue weighted by atomic mass is 16.5. The predicted octanol–water partition coefficient (Wildman–Crippen LogP) is 1.08. The molecule has 0 aromatic carbocycles. The Morgan fingerprint density at radius 3 is 2.86 bits per heavy atom. The lowest BCUT2D eigenvalue weighted by molar-refractivity contribution is 0.185. The number of nitrogens with one attached hydrogen (secondary N) is 2. The fraction of sp³-hybridized carbons (Fsp3) is 0.538. The number of imidazole rings is 1. The number of hydrogen-bond acceptors (Lipinski definition) is 7. The molecule has 0 spiro atoms. The minimum absolute atomic E-state index is 0.142. The first-order valence-electron chi connectivity index (χ1n) is 7.03. The first kappa shape index (κ1) is 13.7. The average molecular weight is 289 g/mol. The molecule has 1 aliphatic heterocycles. The van der Waals surface area contributed by atoms with E-state index in [1.807, 2.05) is 6.92 Å². The van der Waals surface area contributed by atoms with Crippen molar-refractivity contribution < 1.29 is 4.74 Å². The molecule has 0 radical (unpaired) electrons. The van der Waals surface area contributed by atoms with Gasteiger partial charge in [-0.3, -0.25) is 4.57 Å². The molecular formula is C13H19N7O. The van der Waals surface area contributed by atoms with E-state index >= 15 is 0 Å². The summed E-state index contributed by atoms with van der Waals surface area (Å²) in [4.78, 5) is 17.3. The van der Waals surface area contributed by atoms with Gasteiger partial charge in [0, 0.05) is 25.5 Å². The zero-order valence-electron chi connectivity index (χ0n) is 12.2. The summed E-state index contributed by atoms with van der Waals surface area (Å²) in [6.07, 6.45) is 6.08. The summed E-state index contributed by atoms with van der Waals surface area (Å²) in [6.45, 7) is 6.25. The molecule has 0 amide bonds. The van der Waals surface area contributed by atoms with Crippen LogP contribution in [0.25, 0.3) is 5.95 Å². The first-order chi connectivity index (χ1) is 10.2. The standard InChI is InChI=1S/C13H19N7O/c1-3-15-10-16-11(19-13(2)4-7-21-8-13)18-12(17-10)20-6-5-14-9-20/h5-6,9H,3-4,7-8H2,1-2H3,(H2,15,16,17,18,19). The van der Waals surface area contributed by atoms with Crippen molar-refractivity contribution in [1.82, 2.24) is 24.5 Å². The third-order valence-corrected chi connectivity index (χ3v) is 3.33. The second kappa shape index (κ2) is 5.65. The Kier molecular flexibility index (Phi) is 3.70. The van der Waals surface area contributed by atoms with Gasteiger partial charge in [0.15, 0.2) is 0 Å². The highest BCUT2D eigenvalue weighted by molar-refractivity contribution is 5.40. The van der Waals surface area contributed by atoms with Crippen LogP contribution in [0, 0.1) is 0 Å². The molecule has 112 valence electrons. The van der Waals surface area contributed by atoms with Crippen LogP contribution in [0.1, 0.15) is 20.3 Å². The van der Waals surface area contributed by atoms with Gasteiger partial charge in [-0.25, -0.2) is 4.98 Å². The van der Waals surface area contributed by atoms with Crippen molar-refractivity contribution in [2.45, 2.75) is 25.8 Å². The van der Waals surface area contributed by atoms with Gasteiger partial charge in [0.05, 0.1) is 12.1 Å². The predicted molar refractivity (Wildman–Crippen MR) is 78.6 cm³/mol. The van der Waals surface area contributed by atoms with E-state index < -0.39 is 0 Å². The number of nitrogens with zero attached hydrogens (tertiary/aromatic N) is 5. The number of anilines is 2. The molecular weight excluding hydrogens is 270 g/mol. The van der Waals surface area contributed by atoms with E-state index in [-0.39, 0.29) is 5.54 Å². The lowest BCUT2D eigenvalue weighted by atomic mass is 10.0. The van der Waals surface area contributed by atoms with E-state index in [2.05, 4.69) is 37.5 Å². The molecule has 1 saturated heterocycles. The molecule has 8 nitrogen and oxygen atoms in total. The monoisotopic (exact) mass is 289 g/mol. The van der Waals surface area contributed by atoms with Crippen molar-refractivity contribution in [1.29, 1.82) is 0 Å². The normalized spacial score (nSPS) is 21.4. The van der Waals surface area contributed by atoms with Gasteiger partial charge in [0.25, 0.3) is 0 Å². The zero-order valence-corrected chi connectivity index (χ0v) is 12.2. The largest absolute Gasteiger partial charge is 0.379 e. The summed E-state index contributed by atoms with van der Waals surface area (Å²) in [5.41, 5.74) is -0.142. The fourth-order valence-electron chi connectivity index (χ4n) is 2.19. The summed E-state index contributed by atoms with van der Waals surface area (Å²) in [5, 5.41) is 6.48. The Hall–Kier alpha value is -2.22. The molecule has 1 unspecified atom stereocenters. The Bertz CT molecular complexity index is 593. The summed E-state index contributed by atoms with van der Waals surface area (Å²) in [5.74, 6) is 1.61. The quantitative estimate of drug-likeness (QED) is 0.851. The molecule has 3 heterocycles. The molecule has 1 fully saturated rings. The zero-order chi connectivity index (χ0) is 14.7. The van der Waals surface area contributed by atoms with Crippen molar-refractivity contribution in [3.63, 3.8) is 0 Å². The molecule has 0 saturated carbocycles. The number of hydrogen-bond donors (Lipinski definition) is 2. The van der Waals surface area contributed by atoms with Crippen LogP contribution in [-0.4, -0.2) is 49.8 Å². The summed E-state index contributed by atoms with van der Waals surface area (Å²) in [7, 11) is 0. The molecule has 3 rings (SSSR count). The second-order valence-electron chi connectivity index (χ2n) is 5.27. The summed E-state index contributed by atoms with van der Waals surface area (Å²) < 4.78 is 7.20. The third-order valence-electron chi connectivity index (χ3n) is 3.33. The summed E-state index contributed by atoms with van der Waals surface area (Å²) >= 11 is 0. The van der Waals surface area contributed by atoms with Crippen LogP contribution < -0.4 is 10.6 Å². The van der Waals surface area contributed by atoms with Gasteiger partial charge >= 0.3 is 0 Å². The van der Waals surface area contributed by atoms with E-state index in [0.29, 0.717) is 24.5 Å². The molecule has 0 aliphatic carbocycles. The van der Waals surface area contributed by atoms with Gasteiger partial charge in [-0.15, -0.1) is 0 Å². The third kappa shape index (κ3) is 3.10.